The van der Waals surface area contributed by atoms with Crippen LogP contribution in [0.4, 0.5) is 0 Å². The molecule has 0 spiro atoms. The summed E-state index contributed by atoms with van der Waals surface area (Å²) < 4.78 is 1.34. The fraction of sp³-hybridized carbons (Fsp3) is 1.00. The van der Waals surface area contributed by atoms with Crippen LogP contribution in [-0.2, 0) is 0 Å². The van der Waals surface area contributed by atoms with Gasteiger partial charge in [0.05, 0.1) is 0 Å². The van der Waals surface area contributed by atoms with Crippen molar-refractivity contribution < 1.29 is 0 Å². The van der Waals surface area contributed by atoms with Gasteiger partial charge >= 0.3 is 33.9 Å². The third-order valence-corrected chi connectivity index (χ3v) is 0. The van der Waals surface area contributed by atoms with E-state index in [1.54, 1.807) is 22.5 Å². The Hall–Kier alpha value is 2.24. The molecule has 0 fully saturated rings. The average molecular weight is 391 g/mol. The van der Waals surface area contributed by atoms with Crippen LogP contribution in [0.1, 0.15) is 6.92 Å². The molecule has 0 bridgehead atoms. The number of rotatable bonds is 0. The molecule has 0 saturated heterocycles. The normalized spacial score (nSPS) is 3.00. The molecule has 0 aromatic carbocycles. The van der Waals surface area contributed by atoms with E-state index in [0.29, 0.717) is 0 Å². The second-order valence-corrected chi connectivity index (χ2v) is 2.37. The molecule has 0 aliphatic rings. The van der Waals surface area contributed by atoms with Crippen molar-refractivity contribution in [3.8, 4) is 0 Å². The second-order valence-electron chi connectivity index (χ2n) is 0.354. The van der Waals surface area contributed by atoms with E-state index in [9.17, 15) is 0 Å². The minimum absolute atomic E-state index is 0. The zero-order chi connectivity index (χ0) is 2.71. The Morgan fingerprint density at radius 3 is 1.17 bits per heavy atom. The summed E-state index contributed by atoms with van der Waals surface area (Å²) in [6, 6.07) is 0. The zero-order valence-electron chi connectivity index (χ0n) is 3.43. The average Bonchev–Trinajstić information content (AvgIpc) is 0.918. The molecule has 0 rings (SSSR count). The Labute approximate surface area is 83.9 Å². The Morgan fingerprint density at radius 2 is 1.17 bits per heavy atom. The van der Waals surface area contributed by atoms with Crippen LogP contribution in [0.5, 0.6) is 0 Å². The van der Waals surface area contributed by atoms with E-state index in [1.807, 2.05) is 0 Å². The first-order valence-corrected chi connectivity index (χ1v) is 3.08. The van der Waals surface area contributed by atoms with Gasteiger partial charge in [-0.05, 0) is 0 Å². The SMILES string of the molecule is Br.Br.Br.C[CH2][Sn]. The quantitative estimate of drug-likeness (QED) is 0.557. The van der Waals surface area contributed by atoms with Gasteiger partial charge < -0.3 is 0 Å². The van der Waals surface area contributed by atoms with Crippen molar-refractivity contribution in [3.05, 3.63) is 0 Å². The van der Waals surface area contributed by atoms with Crippen LogP contribution in [0, 0.1) is 0 Å². The van der Waals surface area contributed by atoms with E-state index in [-0.39, 0.29) is 50.9 Å². The van der Waals surface area contributed by atoms with Gasteiger partial charge in [-0.25, -0.2) is 0 Å². The Balaban J connectivity index is -0.00000000667. The molecule has 0 heterocycles. The van der Waals surface area contributed by atoms with Crippen LogP contribution >= 0.6 is 50.9 Å². The Bertz CT molecular complexity index is 8.75. The van der Waals surface area contributed by atoms with Crippen LogP contribution in [0.3, 0.4) is 0 Å². The van der Waals surface area contributed by atoms with Crippen molar-refractivity contribution in [3.63, 3.8) is 0 Å². The van der Waals surface area contributed by atoms with Crippen LogP contribution in [-0.4, -0.2) is 22.5 Å². The van der Waals surface area contributed by atoms with Gasteiger partial charge in [-0.3, -0.25) is 0 Å². The Kier molecular flexibility index (Phi) is 108. The molecule has 0 atom stereocenters. The zero-order valence-corrected chi connectivity index (χ0v) is 11.4. The predicted molar refractivity (Wildman–Crippen MR) is 47.2 cm³/mol. The van der Waals surface area contributed by atoms with E-state index < -0.39 is 0 Å². The molecule has 41 valence electrons. The van der Waals surface area contributed by atoms with E-state index in [4.69, 9.17) is 0 Å². The van der Waals surface area contributed by atoms with Crippen LogP contribution in [0.25, 0.3) is 0 Å². The van der Waals surface area contributed by atoms with E-state index in [2.05, 4.69) is 6.92 Å². The molecule has 6 heavy (non-hydrogen) atoms. The summed E-state index contributed by atoms with van der Waals surface area (Å²) in [5.74, 6) is 0. The molecule has 0 aliphatic carbocycles. The monoisotopic (exact) mass is 389 g/mol. The van der Waals surface area contributed by atoms with Gasteiger partial charge in [-0.1, -0.05) is 0 Å². The van der Waals surface area contributed by atoms with Crippen LogP contribution < -0.4 is 0 Å². The van der Waals surface area contributed by atoms with Crippen molar-refractivity contribution in [2.45, 2.75) is 11.4 Å². The van der Waals surface area contributed by atoms with Gasteiger partial charge in [-0.2, -0.15) is 0 Å². The number of halogens is 3. The summed E-state index contributed by atoms with van der Waals surface area (Å²) in [4.78, 5) is 0. The van der Waals surface area contributed by atoms with Gasteiger partial charge in [0.15, 0.2) is 0 Å². The van der Waals surface area contributed by atoms with E-state index in [1.165, 1.54) is 4.44 Å². The fourth-order valence-corrected chi connectivity index (χ4v) is 0. The molecule has 0 unspecified atom stereocenters. The van der Waals surface area contributed by atoms with Gasteiger partial charge in [0.25, 0.3) is 0 Å². The number of hydrogen-bond acceptors (Lipinski definition) is 0. The summed E-state index contributed by atoms with van der Waals surface area (Å²) in [6.45, 7) is 2.16. The van der Waals surface area contributed by atoms with Crippen molar-refractivity contribution in [2.24, 2.45) is 0 Å². The summed E-state index contributed by atoms with van der Waals surface area (Å²) in [6.07, 6.45) is 0. The molecule has 0 saturated carbocycles. The van der Waals surface area contributed by atoms with Gasteiger partial charge in [0, 0.05) is 0 Å². The van der Waals surface area contributed by atoms with Gasteiger partial charge in [0.1, 0.15) is 0 Å². The summed E-state index contributed by atoms with van der Waals surface area (Å²) in [5.41, 5.74) is 0. The summed E-state index contributed by atoms with van der Waals surface area (Å²) >= 11 is 1.64. The Morgan fingerprint density at radius 1 is 1.17 bits per heavy atom. The maximum absolute atomic E-state index is 2.16. The molecule has 0 aromatic rings. The first kappa shape index (κ1) is 24.0. The van der Waals surface area contributed by atoms with Crippen molar-refractivity contribution in [1.82, 2.24) is 0 Å². The van der Waals surface area contributed by atoms with Gasteiger partial charge in [0.2, 0.25) is 0 Å². The molecule has 3 radical (unpaired) electrons. The number of hydrogen-bond donors (Lipinski definition) is 0. The molecular formula is C2H8Br3Sn. The molecule has 0 aromatic heterocycles. The minimum atomic E-state index is 0. The van der Waals surface area contributed by atoms with Crippen molar-refractivity contribution in [2.75, 3.05) is 0 Å². The fourth-order valence-electron chi connectivity index (χ4n) is 0. The van der Waals surface area contributed by atoms with Crippen LogP contribution in [0.15, 0.2) is 0 Å². The summed E-state index contributed by atoms with van der Waals surface area (Å²) in [5, 5.41) is 0. The predicted octanol–water partition coefficient (Wildman–Crippen LogP) is 2.33. The standard InChI is InChI=1S/C2H5.3BrH.Sn/c1-2;;;;/h1H2,2H3;3*1H;. The topological polar surface area (TPSA) is 0 Å². The second kappa shape index (κ2) is 26.9. The molecular weight excluding hydrogens is 382 g/mol. The van der Waals surface area contributed by atoms with E-state index >= 15 is 0 Å². The van der Waals surface area contributed by atoms with Crippen molar-refractivity contribution in [1.29, 1.82) is 0 Å². The first-order valence-electron chi connectivity index (χ1n) is 1.06. The molecule has 0 aliphatic heterocycles. The molecule has 0 amide bonds. The van der Waals surface area contributed by atoms with Gasteiger partial charge in [-0.15, -0.1) is 50.9 Å². The third-order valence-electron chi connectivity index (χ3n) is 0. The molecule has 0 N–H and O–H groups in total. The third kappa shape index (κ3) is 34.2. The molecule has 4 heteroatoms. The first-order chi connectivity index (χ1) is 1.41. The summed E-state index contributed by atoms with van der Waals surface area (Å²) in [7, 11) is 0. The van der Waals surface area contributed by atoms with E-state index in [0.717, 1.165) is 0 Å². The maximum atomic E-state index is 2.16. The van der Waals surface area contributed by atoms with Crippen LogP contribution in [0.2, 0.25) is 4.44 Å². The van der Waals surface area contributed by atoms with Crippen molar-refractivity contribution >= 4 is 73.5 Å². The molecule has 0 nitrogen and oxygen atoms in total.